The third-order valence-corrected chi connectivity index (χ3v) is 3.60. The van der Waals surface area contributed by atoms with Crippen molar-refractivity contribution in [2.45, 2.75) is 41.7 Å². The number of anilines is 1. The second-order valence-corrected chi connectivity index (χ2v) is 5.57. The van der Waals surface area contributed by atoms with E-state index < -0.39 is 53.0 Å². The average molecular weight is 461 g/mol. The van der Waals surface area contributed by atoms with Crippen LogP contribution >= 0.6 is 0 Å². The van der Waals surface area contributed by atoms with E-state index in [0.717, 1.165) is 0 Å². The minimum absolute atomic E-state index is 0.111. The summed E-state index contributed by atoms with van der Waals surface area (Å²) in [5.41, 5.74) is 2.36. The maximum absolute atomic E-state index is 13.8. The van der Waals surface area contributed by atoms with Gasteiger partial charge in [0, 0.05) is 11.3 Å². The van der Waals surface area contributed by atoms with Gasteiger partial charge in [0.1, 0.15) is 0 Å². The molecule has 0 radical (unpaired) electrons. The lowest BCUT2D eigenvalue weighted by Crippen LogP contribution is -2.72. The van der Waals surface area contributed by atoms with Crippen LogP contribution in [0.1, 0.15) is 5.56 Å². The van der Waals surface area contributed by atoms with E-state index in [-0.39, 0.29) is 12.1 Å². The molecule has 29 heavy (non-hydrogen) atoms. The van der Waals surface area contributed by atoms with Crippen molar-refractivity contribution in [3.05, 3.63) is 29.8 Å². The van der Waals surface area contributed by atoms with Gasteiger partial charge in [-0.15, -0.1) is 0 Å². The van der Waals surface area contributed by atoms with Gasteiger partial charge < -0.3 is 5.73 Å². The Hall–Kier alpha value is -2.03. The minimum Gasteiger partial charge on any atom is -0.399 e. The van der Waals surface area contributed by atoms with E-state index in [9.17, 15) is 65.9 Å². The lowest BCUT2D eigenvalue weighted by molar-refractivity contribution is -0.453. The van der Waals surface area contributed by atoms with Gasteiger partial charge in [0.2, 0.25) is 0 Å². The Kier molecular flexibility index (Phi) is 5.59. The van der Waals surface area contributed by atoms with E-state index in [1.165, 1.54) is 0 Å². The van der Waals surface area contributed by atoms with Crippen molar-refractivity contribution in [2.75, 3.05) is 5.73 Å². The molecule has 0 fully saturated rings. The zero-order valence-electron chi connectivity index (χ0n) is 13.1. The van der Waals surface area contributed by atoms with Gasteiger partial charge in [-0.3, -0.25) is 0 Å². The maximum Gasteiger partial charge on any atom is 0.460 e. The predicted molar refractivity (Wildman–Crippen MR) is 65.5 cm³/mol. The normalized spacial score (nSPS) is 15.6. The molecule has 0 aliphatic rings. The summed E-state index contributed by atoms with van der Waals surface area (Å²) in [6.07, 6.45) is -7.62. The molecule has 0 amide bonds. The van der Waals surface area contributed by atoms with Crippen LogP contribution in [0.5, 0.6) is 0 Å². The van der Waals surface area contributed by atoms with Gasteiger partial charge in [-0.25, -0.2) is 0 Å². The standard InChI is InChI=1S/C13H6F15N/c14-7(15,5-1-3-6(29)4-2-5)8(16,17)9(18,19)10(20,21)11(22,23)12(24,25)13(26,27)28/h1-4H,29H2. The van der Waals surface area contributed by atoms with Gasteiger partial charge >= 0.3 is 41.7 Å². The molecule has 2 N–H and O–H groups in total. The van der Waals surface area contributed by atoms with Gasteiger partial charge in [0.25, 0.3) is 0 Å². The summed E-state index contributed by atoms with van der Waals surface area (Å²) >= 11 is 0. The molecule has 16 heteroatoms. The van der Waals surface area contributed by atoms with Gasteiger partial charge in [-0.1, -0.05) is 12.1 Å². The van der Waals surface area contributed by atoms with Gasteiger partial charge in [-0.2, -0.15) is 65.9 Å². The molecule has 168 valence electrons. The lowest BCUT2D eigenvalue weighted by atomic mass is 9.88. The molecule has 0 unspecified atom stereocenters. The number of benzene rings is 1. The molecule has 0 saturated heterocycles. The molecule has 0 aliphatic carbocycles. The van der Waals surface area contributed by atoms with E-state index in [1.54, 1.807) is 0 Å². The number of hydrogen-bond acceptors (Lipinski definition) is 1. The Morgan fingerprint density at radius 1 is 0.448 bits per heavy atom. The molecule has 0 aliphatic heterocycles. The fourth-order valence-electron chi connectivity index (χ4n) is 1.84. The van der Waals surface area contributed by atoms with Gasteiger partial charge in [0.05, 0.1) is 0 Å². The first kappa shape index (κ1) is 25.0. The molecule has 1 aromatic carbocycles. The van der Waals surface area contributed by atoms with Gasteiger partial charge in [-0.05, 0) is 12.1 Å². The summed E-state index contributed by atoms with van der Waals surface area (Å²) in [4.78, 5) is 0. The summed E-state index contributed by atoms with van der Waals surface area (Å²) in [5, 5.41) is 0. The van der Waals surface area contributed by atoms with Crippen LogP contribution < -0.4 is 5.73 Å². The van der Waals surface area contributed by atoms with Crippen molar-refractivity contribution in [3.63, 3.8) is 0 Å². The van der Waals surface area contributed by atoms with Crippen molar-refractivity contribution in [2.24, 2.45) is 0 Å². The summed E-state index contributed by atoms with van der Waals surface area (Å²) in [7, 11) is 0. The van der Waals surface area contributed by atoms with Crippen molar-refractivity contribution >= 4 is 5.69 Å². The van der Waals surface area contributed by atoms with Crippen LogP contribution in [-0.4, -0.2) is 35.8 Å². The largest absolute Gasteiger partial charge is 0.460 e. The molecule has 1 rings (SSSR count). The molecule has 0 aromatic heterocycles. The number of alkyl halides is 15. The average Bonchev–Trinajstić information content (AvgIpc) is 2.53. The second kappa shape index (κ2) is 6.48. The highest BCUT2D eigenvalue weighted by Crippen LogP contribution is 2.63. The van der Waals surface area contributed by atoms with Crippen molar-refractivity contribution in [3.8, 4) is 0 Å². The van der Waals surface area contributed by atoms with Crippen LogP contribution in [0.2, 0.25) is 0 Å². The third-order valence-electron chi connectivity index (χ3n) is 3.60. The summed E-state index contributed by atoms with van der Waals surface area (Å²) in [5.74, 6) is -46.6. The zero-order chi connectivity index (χ0) is 23.5. The molecule has 0 spiro atoms. The predicted octanol–water partition coefficient (Wildman–Crippen LogP) is 6.10. The highest BCUT2D eigenvalue weighted by molar-refractivity contribution is 5.41. The first-order chi connectivity index (χ1) is 12.5. The third kappa shape index (κ3) is 3.23. The van der Waals surface area contributed by atoms with E-state index in [4.69, 9.17) is 5.73 Å². The monoisotopic (exact) mass is 461 g/mol. The van der Waals surface area contributed by atoms with Crippen LogP contribution in [0.3, 0.4) is 0 Å². The van der Waals surface area contributed by atoms with E-state index in [0.29, 0.717) is 12.1 Å². The first-order valence-electron chi connectivity index (χ1n) is 6.69. The van der Waals surface area contributed by atoms with E-state index in [1.807, 2.05) is 0 Å². The Bertz CT molecular complexity index is 732. The van der Waals surface area contributed by atoms with Crippen LogP contribution in [0.25, 0.3) is 0 Å². The number of nitrogens with two attached hydrogens (primary N) is 1. The number of halogens is 15. The smallest absolute Gasteiger partial charge is 0.399 e. The molecular weight excluding hydrogens is 455 g/mol. The number of rotatable bonds is 6. The van der Waals surface area contributed by atoms with Crippen molar-refractivity contribution in [1.29, 1.82) is 0 Å². The fourth-order valence-corrected chi connectivity index (χ4v) is 1.84. The molecule has 0 heterocycles. The number of nitrogen functional groups attached to an aromatic ring is 1. The summed E-state index contributed by atoms with van der Waals surface area (Å²) < 4.78 is 195. The SMILES string of the molecule is Nc1ccc(C(F)(F)C(F)(F)C(F)(F)C(F)(F)C(F)(F)C(F)(F)C(F)(F)F)cc1. The molecule has 1 nitrogen and oxygen atoms in total. The topological polar surface area (TPSA) is 26.0 Å². The second-order valence-electron chi connectivity index (χ2n) is 5.57. The molecule has 0 atom stereocenters. The van der Waals surface area contributed by atoms with Crippen LogP contribution in [-0.2, 0) is 5.92 Å². The highest BCUT2D eigenvalue weighted by Gasteiger charge is 2.93. The quantitative estimate of drug-likeness (QED) is 0.402. The van der Waals surface area contributed by atoms with E-state index in [2.05, 4.69) is 0 Å². The maximum atomic E-state index is 13.8. The fraction of sp³-hybridized carbons (Fsp3) is 0.538. The lowest BCUT2D eigenvalue weighted by Gasteiger charge is -2.41. The molecule has 0 bridgehead atoms. The van der Waals surface area contributed by atoms with Crippen molar-refractivity contribution < 1.29 is 65.9 Å². The minimum atomic E-state index is -8.29. The summed E-state index contributed by atoms with van der Waals surface area (Å²) in [6, 6.07) is 0.532. The van der Waals surface area contributed by atoms with E-state index >= 15 is 0 Å². The number of hydrogen-bond donors (Lipinski definition) is 1. The van der Waals surface area contributed by atoms with Crippen LogP contribution in [0.4, 0.5) is 71.5 Å². The Balaban J connectivity index is 3.63. The zero-order valence-corrected chi connectivity index (χ0v) is 13.1. The highest BCUT2D eigenvalue weighted by atomic mass is 19.4. The Morgan fingerprint density at radius 2 is 0.759 bits per heavy atom. The first-order valence-corrected chi connectivity index (χ1v) is 6.69. The van der Waals surface area contributed by atoms with Crippen LogP contribution in [0.15, 0.2) is 24.3 Å². The van der Waals surface area contributed by atoms with Crippen molar-refractivity contribution in [1.82, 2.24) is 0 Å². The van der Waals surface area contributed by atoms with Gasteiger partial charge in [0.15, 0.2) is 0 Å². The Labute approximate surface area is 150 Å². The Morgan fingerprint density at radius 3 is 1.10 bits per heavy atom. The molecular formula is C13H6F15N. The molecule has 0 saturated carbocycles. The molecule has 1 aromatic rings. The van der Waals surface area contributed by atoms with Crippen LogP contribution in [0, 0.1) is 0 Å². The summed E-state index contributed by atoms with van der Waals surface area (Å²) in [6.45, 7) is 0.